The van der Waals surface area contributed by atoms with Gasteiger partial charge in [0.25, 0.3) is 0 Å². The average Bonchev–Trinajstić information content (AvgIpc) is 3.04. The van der Waals surface area contributed by atoms with Gasteiger partial charge in [0.2, 0.25) is 0 Å². The number of hydrogen-bond donors (Lipinski definition) is 2. The Kier molecular flexibility index (Phi) is 6.52. The van der Waals surface area contributed by atoms with E-state index < -0.39 is 6.10 Å². The van der Waals surface area contributed by atoms with Crippen molar-refractivity contribution in [3.63, 3.8) is 0 Å². The first-order valence-corrected chi connectivity index (χ1v) is 8.43. The topological polar surface area (TPSA) is 46.1 Å². The lowest BCUT2D eigenvalue weighted by atomic mass is 9.98. The van der Waals surface area contributed by atoms with Crippen LogP contribution in [0.5, 0.6) is 5.75 Å². The molecule has 1 aliphatic rings. The largest absolute Gasteiger partial charge is 0.490 e. The molecule has 0 radical (unpaired) electrons. The predicted molar refractivity (Wildman–Crippen MR) is 85.7 cm³/mol. The van der Waals surface area contributed by atoms with E-state index in [1.807, 2.05) is 12.1 Å². The van der Waals surface area contributed by atoms with Gasteiger partial charge in [0.05, 0.1) is 6.04 Å². The fourth-order valence-electron chi connectivity index (χ4n) is 3.04. The summed E-state index contributed by atoms with van der Waals surface area (Å²) in [5.41, 5.74) is 1.24. The maximum atomic E-state index is 10.1. The second-order valence-corrected chi connectivity index (χ2v) is 6.33. The molecule has 0 saturated heterocycles. The molecule has 3 N–H and O–H groups in total. The summed E-state index contributed by atoms with van der Waals surface area (Å²) < 4.78 is 5.87. The zero-order valence-corrected chi connectivity index (χ0v) is 13.4. The number of ether oxygens (including phenoxy) is 1. The number of aliphatic hydroxyl groups excluding tert-OH is 1. The van der Waals surface area contributed by atoms with Crippen LogP contribution in [0.4, 0.5) is 0 Å². The average molecular weight is 292 g/mol. The molecule has 21 heavy (non-hydrogen) atoms. The van der Waals surface area contributed by atoms with Gasteiger partial charge in [-0.2, -0.15) is 0 Å². The van der Waals surface area contributed by atoms with E-state index in [1.54, 1.807) is 0 Å². The number of hydrogen-bond acceptors (Lipinski definition) is 2. The van der Waals surface area contributed by atoms with Crippen LogP contribution in [0.2, 0.25) is 0 Å². The molecule has 1 saturated carbocycles. The zero-order valence-electron chi connectivity index (χ0n) is 13.4. The molecule has 1 aliphatic carbocycles. The minimum absolute atomic E-state index is 0.386. The Morgan fingerprint density at radius 3 is 2.71 bits per heavy atom. The van der Waals surface area contributed by atoms with E-state index in [1.165, 1.54) is 31.2 Å². The summed E-state index contributed by atoms with van der Waals surface area (Å²) in [5, 5.41) is 12.4. The van der Waals surface area contributed by atoms with E-state index in [9.17, 15) is 5.11 Å². The van der Waals surface area contributed by atoms with Crippen molar-refractivity contribution in [1.29, 1.82) is 0 Å². The molecular weight excluding hydrogens is 262 g/mol. The monoisotopic (exact) mass is 292 g/mol. The Hall–Kier alpha value is -1.06. The van der Waals surface area contributed by atoms with Crippen molar-refractivity contribution in [2.24, 2.45) is 0 Å². The maximum Gasteiger partial charge on any atom is 0.137 e. The molecule has 0 bridgehead atoms. The van der Waals surface area contributed by atoms with Crippen LogP contribution in [0.15, 0.2) is 24.3 Å². The molecule has 2 rings (SSSR count). The van der Waals surface area contributed by atoms with E-state index in [0.717, 1.165) is 18.7 Å². The van der Waals surface area contributed by atoms with Crippen molar-refractivity contribution in [2.45, 2.75) is 64.0 Å². The molecule has 1 aromatic carbocycles. The van der Waals surface area contributed by atoms with E-state index in [2.05, 4.69) is 31.3 Å². The van der Waals surface area contributed by atoms with E-state index in [-0.39, 0.29) is 0 Å². The van der Waals surface area contributed by atoms with Gasteiger partial charge in [0.1, 0.15) is 25.0 Å². The summed E-state index contributed by atoms with van der Waals surface area (Å²) >= 11 is 0. The second kappa shape index (κ2) is 8.40. The molecule has 0 unspecified atom stereocenters. The third-order valence-electron chi connectivity index (χ3n) is 4.63. The molecule has 0 aromatic heterocycles. The molecule has 0 heterocycles. The molecule has 1 fully saturated rings. The molecule has 0 aliphatic heterocycles. The van der Waals surface area contributed by atoms with Crippen molar-refractivity contribution < 1.29 is 15.2 Å². The van der Waals surface area contributed by atoms with Crippen LogP contribution in [0.3, 0.4) is 0 Å². The van der Waals surface area contributed by atoms with Crippen molar-refractivity contribution >= 4 is 0 Å². The highest BCUT2D eigenvalue weighted by molar-refractivity contribution is 5.35. The van der Waals surface area contributed by atoms with Crippen molar-refractivity contribution in [1.82, 2.24) is 0 Å². The second-order valence-electron chi connectivity index (χ2n) is 6.33. The van der Waals surface area contributed by atoms with Crippen LogP contribution in [0, 0.1) is 0 Å². The smallest absolute Gasteiger partial charge is 0.137 e. The van der Waals surface area contributed by atoms with Gasteiger partial charge in [0.15, 0.2) is 0 Å². The normalized spacial score (nSPS) is 18.6. The van der Waals surface area contributed by atoms with Gasteiger partial charge in [0, 0.05) is 0 Å². The lowest BCUT2D eigenvalue weighted by molar-refractivity contribution is -0.693. The number of aliphatic hydroxyl groups is 1. The lowest BCUT2D eigenvalue weighted by Gasteiger charge is -2.18. The molecule has 1 aromatic rings. The van der Waals surface area contributed by atoms with E-state index in [4.69, 9.17) is 4.74 Å². The predicted octanol–water partition coefficient (Wildman–Crippen LogP) is 2.45. The summed E-state index contributed by atoms with van der Waals surface area (Å²) in [5.74, 6) is 1.41. The van der Waals surface area contributed by atoms with Gasteiger partial charge in [-0.25, -0.2) is 0 Å². The number of benzene rings is 1. The van der Waals surface area contributed by atoms with Gasteiger partial charge in [-0.3, -0.25) is 0 Å². The van der Waals surface area contributed by atoms with Crippen LogP contribution in [-0.4, -0.2) is 30.4 Å². The first kappa shape index (κ1) is 16.3. The summed E-state index contributed by atoms with van der Waals surface area (Å²) in [6.07, 6.45) is 5.98. The molecule has 2 atom stereocenters. The summed E-state index contributed by atoms with van der Waals surface area (Å²) in [7, 11) is 0. The molecule has 118 valence electrons. The van der Waals surface area contributed by atoms with Gasteiger partial charge in [-0.15, -0.1) is 0 Å². The van der Waals surface area contributed by atoms with Crippen LogP contribution in [-0.2, 0) is 0 Å². The van der Waals surface area contributed by atoms with Crippen LogP contribution in [0.25, 0.3) is 0 Å². The van der Waals surface area contributed by atoms with Crippen molar-refractivity contribution in [2.75, 3.05) is 13.2 Å². The lowest BCUT2D eigenvalue weighted by Crippen LogP contribution is -2.91. The van der Waals surface area contributed by atoms with Crippen molar-refractivity contribution in [3.8, 4) is 5.75 Å². The van der Waals surface area contributed by atoms with Gasteiger partial charge >= 0.3 is 0 Å². The van der Waals surface area contributed by atoms with Gasteiger partial charge < -0.3 is 15.2 Å². The highest BCUT2D eigenvalue weighted by Crippen LogP contribution is 2.28. The quantitative estimate of drug-likeness (QED) is 0.773. The van der Waals surface area contributed by atoms with Crippen LogP contribution < -0.4 is 10.1 Å². The Balaban J connectivity index is 1.79. The van der Waals surface area contributed by atoms with Crippen molar-refractivity contribution in [3.05, 3.63) is 29.8 Å². The fraction of sp³-hybridized carbons (Fsp3) is 0.667. The SMILES string of the molecule is CC[C@@H](C)c1ccccc1OC[C@H](O)C[NH2+]C1CCCC1. The fourth-order valence-corrected chi connectivity index (χ4v) is 3.04. The highest BCUT2D eigenvalue weighted by Gasteiger charge is 2.19. The highest BCUT2D eigenvalue weighted by atomic mass is 16.5. The first-order chi connectivity index (χ1) is 10.2. The van der Waals surface area contributed by atoms with Crippen LogP contribution in [0.1, 0.15) is 57.4 Å². The Morgan fingerprint density at radius 1 is 1.29 bits per heavy atom. The standard InChI is InChI=1S/C18H29NO2/c1-3-14(2)17-10-6-7-11-18(17)21-13-16(20)12-19-15-8-4-5-9-15/h6-7,10-11,14-16,19-20H,3-5,8-9,12-13H2,1-2H3/p+1/t14-,16-/m1/s1. The first-order valence-electron chi connectivity index (χ1n) is 8.43. The molecule has 3 heteroatoms. The van der Waals surface area contributed by atoms with Crippen LogP contribution >= 0.6 is 0 Å². The third-order valence-corrected chi connectivity index (χ3v) is 4.63. The Morgan fingerprint density at radius 2 is 2.00 bits per heavy atom. The maximum absolute atomic E-state index is 10.1. The third kappa shape index (κ3) is 5.01. The van der Waals surface area contributed by atoms with E-state index in [0.29, 0.717) is 18.6 Å². The Labute approximate surface area is 128 Å². The number of nitrogens with two attached hydrogens (primary N) is 1. The molecule has 0 spiro atoms. The summed E-state index contributed by atoms with van der Waals surface area (Å²) in [6, 6.07) is 8.90. The number of quaternary nitrogens is 1. The summed E-state index contributed by atoms with van der Waals surface area (Å²) in [6.45, 7) is 5.53. The van der Waals surface area contributed by atoms with Gasteiger partial charge in [-0.05, 0) is 49.7 Å². The molecular formula is C18H30NO2+. The number of para-hydroxylation sites is 1. The summed E-state index contributed by atoms with van der Waals surface area (Å²) in [4.78, 5) is 0. The Bertz CT molecular complexity index is 415. The number of rotatable bonds is 8. The zero-order chi connectivity index (χ0) is 15.1. The van der Waals surface area contributed by atoms with E-state index >= 15 is 0 Å². The molecule has 3 nitrogen and oxygen atoms in total. The molecule has 0 amide bonds. The van der Waals surface area contributed by atoms with Gasteiger partial charge in [-0.1, -0.05) is 32.0 Å². The minimum Gasteiger partial charge on any atom is -0.490 e. The minimum atomic E-state index is -0.393.